The Morgan fingerprint density at radius 2 is 1.14 bits per heavy atom. The van der Waals surface area contributed by atoms with E-state index in [0.717, 1.165) is 5.69 Å². The van der Waals surface area contributed by atoms with Gasteiger partial charge in [0, 0.05) is 78.2 Å². The highest BCUT2D eigenvalue weighted by atomic mass is 79.9. The van der Waals surface area contributed by atoms with Crippen LogP contribution in [0.5, 0.6) is 0 Å². The largest absolute Gasteiger partial charge is 0.398 e. The van der Waals surface area contributed by atoms with Crippen molar-refractivity contribution in [2.45, 2.75) is 0 Å². The lowest BCUT2D eigenvalue weighted by Gasteiger charge is -2.29. The number of nitrogens with two attached hydrogens (primary N) is 1. The third-order valence-corrected chi connectivity index (χ3v) is 10.1. The highest BCUT2D eigenvalue weighted by Gasteiger charge is 2.24. The molecular formula is C38H33Br2F3N8O6. The molecule has 2 aromatic heterocycles. The van der Waals surface area contributed by atoms with Crippen LogP contribution < -0.4 is 20.9 Å². The highest BCUT2D eigenvalue weighted by molar-refractivity contribution is 9.11. The van der Waals surface area contributed by atoms with Crippen molar-refractivity contribution in [1.82, 2.24) is 9.97 Å². The van der Waals surface area contributed by atoms with Gasteiger partial charge < -0.3 is 30.3 Å². The second-order valence-electron chi connectivity index (χ2n) is 12.5. The molecule has 0 atom stereocenters. The molecule has 2 aliphatic rings. The highest BCUT2D eigenvalue weighted by Crippen LogP contribution is 2.40. The van der Waals surface area contributed by atoms with Gasteiger partial charge in [0.2, 0.25) is 5.82 Å². The molecular weight excluding hydrogens is 881 g/mol. The van der Waals surface area contributed by atoms with Crippen molar-refractivity contribution < 1.29 is 32.5 Å². The van der Waals surface area contributed by atoms with Gasteiger partial charge in [0.15, 0.2) is 0 Å². The second kappa shape index (κ2) is 18.5. The minimum Gasteiger partial charge on any atom is -0.398 e. The summed E-state index contributed by atoms with van der Waals surface area (Å²) in [6.07, 6.45) is 2.97. The fourth-order valence-corrected chi connectivity index (χ4v) is 7.32. The second-order valence-corrected chi connectivity index (χ2v) is 14.2. The van der Waals surface area contributed by atoms with Crippen LogP contribution in [0.2, 0.25) is 0 Å². The molecule has 0 aliphatic carbocycles. The van der Waals surface area contributed by atoms with E-state index >= 15 is 0 Å². The molecule has 4 aromatic carbocycles. The quantitative estimate of drug-likeness (QED) is 0.120. The number of anilines is 5. The Labute approximate surface area is 339 Å². The number of halogens is 5. The van der Waals surface area contributed by atoms with Crippen LogP contribution in [0, 0.1) is 37.7 Å². The molecule has 0 amide bonds. The zero-order chi connectivity index (χ0) is 40.6. The molecule has 6 aromatic rings. The molecule has 3 N–H and O–H groups in total. The third kappa shape index (κ3) is 9.67. The number of benzene rings is 4. The van der Waals surface area contributed by atoms with Gasteiger partial charge in [-0.1, -0.05) is 24.3 Å². The van der Waals surface area contributed by atoms with Crippen LogP contribution in [0.1, 0.15) is 0 Å². The molecule has 0 saturated carbocycles. The first-order valence-electron chi connectivity index (χ1n) is 17.3. The van der Waals surface area contributed by atoms with Gasteiger partial charge >= 0.3 is 11.4 Å². The number of hydrogen-bond acceptors (Lipinski definition) is 12. The topological polar surface area (TPSA) is 175 Å². The number of nitro groups is 2. The lowest BCUT2D eigenvalue weighted by atomic mass is 10.1. The summed E-state index contributed by atoms with van der Waals surface area (Å²) >= 11 is 6.35. The van der Waals surface area contributed by atoms with Crippen LogP contribution in [-0.4, -0.2) is 72.4 Å². The zero-order valence-corrected chi connectivity index (χ0v) is 33.0. The molecule has 0 spiro atoms. The molecule has 4 heterocycles. The summed E-state index contributed by atoms with van der Waals surface area (Å²) < 4.78 is 51.8. The fraction of sp³-hybridized carbons (Fsp3) is 0.211. The van der Waals surface area contributed by atoms with Gasteiger partial charge in [-0.2, -0.15) is 4.39 Å². The summed E-state index contributed by atoms with van der Waals surface area (Å²) in [6, 6.07) is 18.9. The Kier molecular flexibility index (Phi) is 13.3. The van der Waals surface area contributed by atoms with Gasteiger partial charge in [-0.3, -0.25) is 30.2 Å². The van der Waals surface area contributed by atoms with Crippen molar-refractivity contribution in [3.63, 3.8) is 0 Å². The third-order valence-electron chi connectivity index (χ3n) is 8.91. The Morgan fingerprint density at radius 3 is 1.67 bits per heavy atom. The Hall–Kier alpha value is -5.63. The van der Waals surface area contributed by atoms with Crippen molar-refractivity contribution in [3.05, 3.63) is 132 Å². The lowest BCUT2D eigenvalue weighted by Crippen LogP contribution is -2.36. The van der Waals surface area contributed by atoms with E-state index in [1.54, 1.807) is 54.6 Å². The van der Waals surface area contributed by atoms with Gasteiger partial charge in [0.1, 0.15) is 32.8 Å². The van der Waals surface area contributed by atoms with E-state index in [0.29, 0.717) is 96.1 Å². The monoisotopic (exact) mass is 912 g/mol. The van der Waals surface area contributed by atoms with E-state index in [1.165, 1.54) is 30.6 Å². The smallest absolute Gasteiger partial charge is 0.318 e. The molecule has 2 fully saturated rings. The van der Waals surface area contributed by atoms with E-state index in [9.17, 15) is 33.4 Å². The van der Waals surface area contributed by atoms with E-state index in [1.807, 2.05) is 4.90 Å². The number of morpholine rings is 2. The summed E-state index contributed by atoms with van der Waals surface area (Å²) in [5.74, 6) is -1.61. The van der Waals surface area contributed by atoms with Crippen molar-refractivity contribution in [2.24, 2.45) is 0 Å². The number of pyridine rings is 2. The van der Waals surface area contributed by atoms with Crippen LogP contribution in [0.15, 0.2) is 94.1 Å². The van der Waals surface area contributed by atoms with Crippen molar-refractivity contribution >= 4 is 93.5 Å². The van der Waals surface area contributed by atoms with Crippen LogP contribution in [0.4, 0.5) is 53.0 Å². The standard InChI is InChI=1S/C19H16BrFN4O3.C10H10BrFN2O3.C9H7FN2/c20-14-10-12(24-6-8-28-9-7-24)11-17(19(14)25(26)27)23-16-4-5-22-18-13(16)2-1-3-15(18)21;11-8-5-7(13-1-3-17-4-2-13)6-9(12)10(8)14(15)16;10-7-3-1-2-6-8(11)4-5-12-9(6)7/h1-5,10-11H,6-9H2,(H,22,23);5-6H,1-4H2;1-5H,(H2,11,12). The Bertz CT molecular complexity index is 2370. The van der Waals surface area contributed by atoms with Gasteiger partial charge in [0.05, 0.1) is 40.7 Å². The van der Waals surface area contributed by atoms with E-state index < -0.39 is 27.2 Å². The Balaban J connectivity index is 0.000000160. The molecule has 0 unspecified atom stereocenters. The predicted molar refractivity (Wildman–Crippen MR) is 219 cm³/mol. The minimum absolute atomic E-state index is 0.0848. The average molecular weight is 915 g/mol. The minimum atomic E-state index is -0.828. The molecule has 14 nitrogen and oxygen atoms in total. The average Bonchev–Trinajstić information content (AvgIpc) is 3.19. The first kappa shape index (κ1) is 41.0. The molecule has 2 saturated heterocycles. The van der Waals surface area contributed by atoms with Crippen molar-refractivity contribution in [1.29, 1.82) is 0 Å². The summed E-state index contributed by atoms with van der Waals surface area (Å²) in [4.78, 5) is 33.1. The van der Waals surface area contributed by atoms with Gasteiger partial charge in [-0.05, 0) is 74.3 Å². The van der Waals surface area contributed by atoms with E-state index in [2.05, 4.69) is 52.0 Å². The molecule has 0 bridgehead atoms. The summed E-state index contributed by atoms with van der Waals surface area (Å²) in [5, 5.41) is 26.6. The number of nitrogens with zero attached hydrogens (tertiary/aromatic N) is 6. The normalized spacial score (nSPS) is 14.0. The summed E-state index contributed by atoms with van der Waals surface area (Å²) in [7, 11) is 0. The van der Waals surface area contributed by atoms with Crippen molar-refractivity contribution in [2.75, 3.05) is 73.5 Å². The van der Waals surface area contributed by atoms with Gasteiger partial charge in [-0.15, -0.1) is 0 Å². The maximum absolute atomic E-state index is 14.1. The molecule has 8 rings (SSSR count). The van der Waals surface area contributed by atoms with Gasteiger partial charge in [-0.25, -0.2) is 8.78 Å². The number of hydrogen-bond donors (Lipinski definition) is 2. The fourth-order valence-electron chi connectivity index (χ4n) is 6.16. The van der Waals surface area contributed by atoms with Crippen molar-refractivity contribution in [3.8, 4) is 0 Å². The maximum Gasteiger partial charge on any atom is 0.318 e. The number of rotatable bonds is 6. The summed E-state index contributed by atoms with van der Waals surface area (Å²) in [5.41, 5.74) is 8.43. The molecule has 0 radical (unpaired) electrons. The molecule has 296 valence electrons. The predicted octanol–water partition coefficient (Wildman–Crippen LogP) is 8.91. The van der Waals surface area contributed by atoms with Crippen LogP contribution >= 0.6 is 31.9 Å². The first-order chi connectivity index (χ1) is 27.4. The lowest BCUT2D eigenvalue weighted by molar-refractivity contribution is -0.388. The number of nitro benzene ring substituents is 2. The number of fused-ring (bicyclic) bond motifs is 2. The van der Waals surface area contributed by atoms with E-state index in [-0.39, 0.29) is 21.5 Å². The SMILES string of the molecule is Nc1ccnc2c(F)cccc12.O=[N+]([O-])c1c(Br)cc(N2CCOCC2)cc1Nc1ccnc2c(F)cccc12.O=[N+]([O-])c1c(F)cc(N2CCOCC2)cc1Br. The Morgan fingerprint density at radius 1 is 0.649 bits per heavy atom. The van der Waals surface area contributed by atoms with Crippen LogP contribution in [0.25, 0.3) is 21.8 Å². The van der Waals surface area contributed by atoms with Gasteiger partial charge in [0.25, 0.3) is 0 Å². The molecule has 2 aliphatic heterocycles. The first-order valence-corrected chi connectivity index (χ1v) is 18.9. The number of nitrogen functional groups attached to an aromatic ring is 1. The van der Waals surface area contributed by atoms with Crippen LogP contribution in [-0.2, 0) is 9.47 Å². The van der Waals surface area contributed by atoms with Crippen LogP contribution in [0.3, 0.4) is 0 Å². The molecule has 19 heteroatoms. The molecule has 57 heavy (non-hydrogen) atoms. The summed E-state index contributed by atoms with van der Waals surface area (Å²) in [6.45, 7) is 5.08. The van der Waals surface area contributed by atoms with E-state index in [4.69, 9.17) is 15.2 Å². The number of aromatic nitrogens is 2. The number of nitrogens with one attached hydrogen (secondary N) is 1. The zero-order valence-electron chi connectivity index (χ0n) is 29.8. The number of ether oxygens (including phenoxy) is 2. The number of para-hydroxylation sites is 2. The maximum atomic E-state index is 14.1.